The predicted molar refractivity (Wildman–Crippen MR) is 80.5 cm³/mol. The Morgan fingerprint density at radius 1 is 1.16 bits per heavy atom. The summed E-state index contributed by atoms with van der Waals surface area (Å²) in [4.78, 5) is 0. The van der Waals surface area contributed by atoms with Crippen molar-refractivity contribution in [3.8, 4) is 0 Å². The number of benzene rings is 1. The van der Waals surface area contributed by atoms with Crippen molar-refractivity contribution in [2.45, 2.75) is 60.2 Å². The van der Waals surface area contributed by atoms with Crippen molar-refractivity contribution in [1.82, 2.24) is 0 Å². The summed E-state index contributed by atoms with van der Waals surface area (Å²) in [6, 6.07) is 6.26. The third kappa shape index (κ3) is 4.32. The molecule has 0 fully saturated rings. The van der Waals surface area contributed by atoms with Gasteiger partial charge in [0.05, 0.1) is 12.2 Å². The zero-order valence-corrected chi connectivity index (χ0v) is 13.2. The van der Waals surface area contributed by atoms with Crippen LogP contribution < -0.4 is 0 Å². The molecule has 2 unspecified atom stereocenters. The Kier molecular flexibility index (Phi) is 5.57. The second-order valence-corrected chi connectivity index (χ2v) is 6.38. The molecular weight excluding hydrogens is 236 g/mol. The minimum Gasteiger partial charge on any atom is -0.390 e. The van der Waals surface area contributed by atoms with Crippen LogP contribution in [0.2, 0.25) is 0 Å². The van der Waals surface area contributed by atoms with E-state index in [-0.39, 0.29) is 11.5 Å². The van der Waals surface area contributed by atoms with Gasteiger partial charge in [0.1, 0.15) is 0 Å². The zero-order valence-electron chi connectivity index (χ0n) is 13.2. The SMILES string of the molecule is CCOC(C(O)Cc1c(C)cccc1C)C(C)(C)C. The molecule has 0 radical (unpaired) electrons. The van der Waals surface area contributed by atoms with Crippen LogP contribution in [0.5, 0.6) is 0 Å². The quantitative estimate of drug-likeness (QED) is 0.879. The van der Waals surface area contributed by atoms with Crippen LogP contribution in [-0.2, 0) is 11.2 Å². The Morgan fingerprint density at radius 2 is 1.68 bits per heavy atom. The van der Waals surface area contributed by atoms with Crippen LogP contribution in [0.15, 0.2) is 18.2 Å². The maximum atomic E-state index is 10.6. The summed E-state index contributed by atoms with van der Waals surface area (Å²) in [6.45, 7) is 13.1. The van der Waals surface area contributed by atoms with Crippen LogP contribution in [0.4, 0.5) is 0 Å². The van der Waals surface area contributed by atoms with Gasteiger partial charge in [0, 0.05) is 13.0 Å². The van der Waals surface area contributed by atoms with Crippen LogP contribution in [0.3, 0.4) is 0 Å². The topological polar surface area (TPSA) is 29.5 Å². The van der Waals surface area contributed by atoms with Crippen molar-refractivity contribution in [2.75, 3.05) is 6.61 Å². The van der Waals surface area contributed by atoms with Crippen molar-refractivity contribution in [2.24, 2.45) is 5.41 Å². The van der Waals surface area contributed by atoms with Gasteiger partial charge in [-0.25, -0.2) is 0 Å². The third-order valence-electron chi connectivity index (χ3n) is 3.61. The number of ether oxygens (including phenoxy) is 1. The fraction of sp³-hybridized carbons (Fsp3) is 0.647. The summed E-state index contributed by atoms with van der Waals surface area (Å²) in [7, 11) is 0. The fourth-order valence-corrected chi connectivity index (χ4v) is 2.60. The van der Waals surface area contributed by atoms with E-state index >= 15 is 0 Å². The number of rotatable bonds is 5. The van der Waals surface area contributed by atoms with Gasteiger partial charge < -0.3 is 9.84 Å². The average Bonchev–Trinajstić information content (AvgIpc) is 2.29. The number of aliphatic hydroxyl groups excluding tert-OH is 1. The Balaban J connectivity index is 2.90. The second kappa shape index (κ2) is 6.53. The lowest BCUT2D eigenvalue weighted by Gasteiger charge is -2.34. The molecule has 1 N–H and O–H groups in total. The van der Waals surface area contributed by atoms with Gasteiger partial charge in [0.2, 0.25) is 0 Å². The Labute approximate surface area is 117 Å². The highest BCUT2D eigenvalue weighted by atomic mass is 16.5. The maximum Gasteiger partial charge on any atom is 0.0885 e. The third-order valence-corrected chi connectivity index (χ3v) is 3.61. The van der Waals surface area contributed by atoms with Crippen LogP contribution in [-0.4, -0.2) is 23.9 Å². The first-order valence-electron chi connectivity index (χ1n) is 7.12. The molecule has 0 aliphatic rings. The van der Waals surface area contributed by atoms with Crippen LogP contribution >= 0.6 is 0 Å². The van der Waals surface area contributed by atoms with E-state index in [1.165, 1.54) is 16.7 Å². The summed E-state index contributed by atoms with van der Waals surface area (Å²) in [6.07, 6.45) is 0.0386. The van der Waals surface area contributed by atoms with Crippen LogP contribution in [0, 0.1) is 19.3 Å². The van der Waals surface area contributed by atoms with Gasteiger partial charge in [0.25, 0.3) is 0 Å². The molecule has 0 bridgehead atoms. The number of aryl methyl sites for hydroxylation is 2. The number of hydrogen-bond acceptors (Lipinski definition) is 2. The van der Waals surface area contributed by atoms with Crippen LogP contribution in [0.25, 0.3) is 0 Å². The lowest BCUT2D eigenvalue weighted by Crippen LogP contribution is -2.41. The number of aliphatic hydroxyl groups is 1. The molecule has 0 aliphatic carbocycles. The second-order valence-electron chi connectivity index (χ2n) is 6.38. The van der Waals surface area contributed by atoms with Crippen LogP contribution in [0.1, 0.15) is 44.4 Å². The van der Waals surface area contributed by atoms with Crippen molar-refractivity contribution in [3.63, 3.8) is 0 Å². The predicted octanol–water partition coefficient (Wildman–Crippen LogP) is 3.66. The molecule has 2 atom stereocenters. The first-order valence-corrected chi connectivity index (χ1v) is 7.12. The smallest absolute Gasteiger partial charge is 0.0885 e. The zero-order chi connectivity index (χ0) is 14.6. The fourth-order valence-electron chi connectivity index (χ4n) is 2.60. The van der Waals surface area contributed by atoms with Gasteiger partial charge >= 0.3 is 0 Å². The molecule has 2 heteroatoms. The van der Waals surface area contributed by atoms with Crippen molar-refractivity contribution < 1.29 is 9.84 Å². The monoisotopic (exact) mass is 264 g/mol. The molecule has 0 aromatic heterocycles. The average molecular weight is 264 g/mol. The molecule has 0 heterocycles. The minimum absolute atomic E-state index is 0.0635. The summed E-state index contributed by atoms with van der Waals surface area (Å²) in [5.41, 5.74) is 3.65. The maximum absolute atomic E-state index is 10.6. The highest BCUT2D eigenvalue weighted by Crippen LogP contribution is 2.28. The van der Waals surface area contributed by atoms with E-state index in [1.54, 1.807) is 0 Å². The minimum atomic E-state index is -0.472. The van der Waals surface area contributed by atoms with E-state index in [0.29, 0.717) is 13.0 Å². The van der Waals surface area contributed by atoms with Gasteiger partial charge in [-0.2, -0.15) is 0 Å². The van der Waals surface area contributed by atoms with E-state index in [9.17, 15) is 5.11 Å². The van der Waals surface area contributed by atoms with Crippen molar-refractivity contribution in [1.29, 1.82) is 0 Å². The van der Waals surface area contributed by atoms with E-state index < -0.39 is 6.10 Å². The number of hydrogen-bond donors (Lipinski definition) is 1. The van der Waals surface area contributed by atoms with E-state index in [4.69, 9.17) is 4.74 Å². The van der Waals surface area contributed by atoms with E-state index in [2.05, 4.69) is 52.8 Å². The molecule has 1 rings (SSSR count). The molecule has 0 spiro atoms. The Morgan fingerprint density at radius 3 is 2.11 bits per heavy atom. The highest BCUT2D eigenvalue weighted by molar-refractivity contribution is 5.34. The molecule has 1 aromatic rings. The largest absolute Gasteiger partial charge is 0.390 e. The first-order chi connectivity index (χ1) is 8.77. The van der Waals surface area contributed by atoms with Crippen molar-refractivity contribution in [3.05, 3.63) is 34.9 Å². The van der Waals surface area contributed by atoms with Gasteiger partial charge in [0.15, 0.2) is 0 Å². The van der Waals surface area contributed by atoms with Gasteiger partial charge in [-0.05, 0) is 42.9 Å². The Bertz CT molecular complexity index is 384. The highest BCUT2D eigenvalue weighted by Gasteiger charge is 2.32. The molecule has 0 amide bonds. The molecule has 1 aromatic carbocycles. The molecule has 0 saturated heterocycles. The molecule has 0 saturated carbocycles. The van der Waals surface area contributed by atoms with E-state index in [1.807, 2.05) is 6.92 Å². The molecule has 19 heavy (non-hydrogen) atoms. The molecule has 0 aliphatic heterocycles. The molecule has 2 nitrogen and oxygen atoms in total. The van der Waals surface area contributed by atoms with Gasteiger partial charge in [-0.3, -0.25) is 0 Å². The summed E-state index contributed by atoms with van der Waals surface area (Å²) in [5, 5.41) is 10.6. The lowest BCUT2D eigenvalue weighted by molar-refractivity contribution is -0.0874. The van der Waals surface area contributed by atoms with Gasteiger partial charge in [-0.15, -0.1) is 0 Å². The van der Waals surface area contributed by atoms with E-state index in [0.717, 1.165) is 0 Å². The summed E-state index contributed by atoms with van der Waals surface area (Å²) < 4.78 is 5.77. The summed E-state index contributed by atoms with van der Waals surface area (Å²) in [5.74, 6) is 0. The standard InChI is InChI=1S/C17H28O2/c1-7-19-16(17(4,5)6)15(18)11-14-12(2)9-8-10-13(14)3/h8-10,15-16,18H,7,11H2,1-6H3. The molecular formula is C17H28O2. The normalized spacial score (nSPS) is 15.3. The van der Waals surface area contributed by atoms with Crippen molar-refractivity contribution >= 4 is 0 Å². The first kappa shape index (κ1) is 16.2. The lowest BCUT2D eigenvalue weighted by atomic mass is 9.82. The van der Waals surface area contributed by atoms with Gasteiger partial charge in [-0.1, -0.05) is 39.0 Å². The Hall–Kier alpha value is -0.860. The summed E-state index contributed by atoms with van der Waals surface area (Å²) >= 11 is 0. The molecule has 108 valence electrons.